The first-order valence-electron chi connectivity index (χ1n) is 5.57. The Morgan fingerprint density at radius 2 is 2.33 bits per heavy atom. The molecule has 6 nitrogen and oxygen atoms in total. The summed E-state index contributed by atoms with van der Waals surface area (Å²) < 4.78 is 1.87. The minimum Gasteiger partial charge on any atom is -0.397 e. The van der Waals surface area contributed by atoms with Crippen molar-refractivity contribution in [3.05, 3.63) is 35.9 Å². The van der Waals surface area contributed by atoms with E-state index in [4.69, 9.17) is 11.0 Å². The van der Waals surface area contributed by atoms with Crippen molar-refractivity contribution in [1.82, 2.24) is 14.8 Å². The standard InChI is InChI=1S/C12H14N6/c1-18-8-16-17-12(18)4-5-15-11-6-9(7-13)2-3-10(11)14/h2-3,6,8,15H,4-5,14H2,1H3. The van der Waals surface area contributed by atoms with E-state index in [1.165, 1.54) is 0 Å². The van der Waals surface area contributed by atoms with Crippen molar-refractivity contribution in [2.24, 2.45) is 7.05 Å². The number of anilines is 2. The Hall–Kier alpha value is -2.55. The number of nitrogen functional groups attached to an aromatic ring is 1. The van der Waals surface area contributed by atoms with Crippen LogP contribution in [0, 0.1) is 11.3 Å². The fourth-order valence-electron chi connectivity index (χ4n) is 1.62. The maximum atomic E-state index is 8.82. The van der Waals surface area contributed by atoms with Crippen LogP contribution in [0.25, 0.3) is 0 Å². The third-order valence-corrected chi connectivity index (χ3v) is 2.65. The van der Waals surface area contributed by atoms with Gasteiger partial charge in [0, 0.05) is 20.0 Å². The molecule has 0 bridgehead atoms. The van der Waals surface area contributed by atoms with Gasteiger partial charge in [0.15, 0.2) is 0 Å². The second-order valence-electron chi connectivity index (χ2n) is 3.95. The molecule has 1 aromatic heterocycles. The number of nitrogens with one attached hydrogen (secondary N) is 1. The van der Waals surface area contributed by atoms with Crippen molar-refractivity contribution in [3.8, 4) is 6.07 Å². The predicted molar refractivity (Wildman–Crippen MR) is 68.8 cm³/mol. The summed E-state index contributed by atoms with van der Waals surface area (Å²) in [5.41, 5.74) is 7.82. The van der Waals surface area contributed by atoms with Crippen LogP contribution in [0.2, 0.25) is 0 Å². The molecule has 6 heteroatoms. The lowest BCUT2D eigenvalue weighted by atomic mass is 10.2. The Morgan fingerprint density at radius 3 is 3.00 bits per heavy atom. The zero-order valence-corrected chi connectivity index (χ0v) is 10.1. The van der Waals surface area contributed by atoms with Crippen LogP contribution in [0.5, 0.6) is 0 Å². The Balaban J connectivity index is 1.98. The number of nitrogens with zero attached hydrogens (tertiary/aromatic N) is 4. The van der Waals surface area contributed by atoms with Gasteiger partial charge in [0.05, 0.1) is 23.0 Å². The van der Waals surface area contributed by atoms with Crippen LogP contribution in [-0.4, -0.2) is 21.3 Å². The molecular formula is C12H14N6. The first-order chi connectivity index (χ1) is 8.70. The van der Waals surface area contributed by atoms with Gasteiger partial charge in [-0.05, 0) is 18.2 Å². The van der Waals surface area contributed by atoms with Crippen molar-refractivity contribution in [1.29, 1.82) is 5.26 Å². The first kappa shape index (κ1) is 11.9. The van der Waals surface area contributed by atoms with E-state index in [1.54, 1.807) is 24.5 Å². The lowest BCUT2D eigenvalue weighted by Gasteiger charge is -2.09. The van der Waals surface area contributed by atoms with E-state index >= 15 is 0 Å². The molecule has 0 fully saturated rings. The molecule has 0 amide bonds. The topological polar surface area (TPSA) is 92.5 Å². The van der Waals surface area contributed by atoms with Crippen LogP contribution in [0.4, 0.5) is 11.4 Å². The van der Waals surface area contributed by atoms with Gasteiger partial charge in [-0.3, -0.25) is 0 Å². The SMILES string of the molecule is Cn1cnnc1CCNc1cc(C#N)ccc1N. The molecule has 0 aliphatic carbocycles. The molecule has 0 spiro atoms. The molecule has 0 saturated carbocycles. The van der Waals surface area contributed by atoms with Crippen LogP contribution in [0.3, 0.4) is 0 Å². The van der Waals surface area contributed by atoms with E-state index in [1.807, 2.05) is 11.6 Å². The van der Waals surface area contributed by atoms with Gasteiger partial charge in [-0.25, -0.2) is 0 Å². The highest BCUT2D eigenvalue weighted by Gasteiger charge is 2.03. The third-order valence-electron chi connectivity index (χ3n) is 2.65. The summed E-state index contributed by atoms with van der Waals surface area (Å²) >= 11 is 0. The van der Waals surface area contributed by atoms with Crippen molar-refractivity contribution < 1.29 is 0 Å². The lowest BCUT2D eigenvalue weighted by Crippen LogP contribution is -2.10. The quantitative estimate of drug-likeness (QED) is 0.778. The number of rotatable bonds is 4. The number of aryl methyl sites for hydroxylation is 1. The second kappa shape index (κ2) is 5.19. The molecule has 0 radical (unpaired) electrons. The summed E-state index contributed by atoms with van der Waals surface area (Å²) in [4.78, 5) is 0. The number of hydrogen-bond donors (Lipinski definition) is 2. The number of nitriles is 1. The summed E-state index contributed by atoms with van der Waals surface area (Å²) in [6.07, 6.45) is 2.41. The lowest BCUT2D eigenvalue weighted by molar-refractivity contribution is 0.788. The van der Waals surface area contributed by atoms with Gasteiger partial charge in [-0.1, -0.05) is 0 Å². The Bertz CT molecular complexity index is 580. The van der Waals surface area contributed by atoms with Crippen molar-refractivity contribution >= 4 is 11.4 Å². The molecule has 0 atom stereocenters. The maximum Gasteiger partial charge on any atom is 0.134 e. The summed E-state index contributed by atoms with van der Waals surface area (Å²) in [5, 5.41) is 19.8. The molecule has 0 unspecified atom stereocenters. The van der Waals surface area contributed by atoms with Crippen LogP contribution in [0.15, 0.2) is 24.5 Å². The smallest absolute Gasteiger partial charge is 0.134 e. The summed E-state index contributed by atoms with van der Waals surface area (Å²) in [6.45, 7) is 0.686. The largest absolute Gasteiger partial charge is 0.397 e. The Kier molecular flexibility index (Phi) is 3.44. The fourth-order valence-corrected chi connectivity index (χ4v) is 1.62. The van der Waals surface area contributed by atoms with Crippen LogP contribution < -0.4 is 11.1 Å². The average molecular weight is 242 g/mol. The molecule has 1 aromatic carbocycles. The van der Waals surface area contributed by atoms with Crippen LogP contribution in [0.1, 0.15) is 11.4 Å². The molecule has 2 aromatic rings. The van der Waals surface area contributed by atoms with Gasteiger partial charge >= 0.3 is 0 Å². The molecular weight excluding hydrogens is 228 g/mol. The Labute approximate surface area is 105 Å². The van der Waals surface area contributed by atoms with Crippen molar-refractivity contribution in [2.45, 2.75) is 6.42 Å². The first-order valence-corrected chi connectivity index (χ1v) is 5.57. The van der Waals surface area contributed by atoms with Gasteiger partial charge < -0.3 is 15.6 Å². The summed E-state index contributed by atoms with van der Waals surface area (Å²) in [6, 6.07) is 7.25. The monoisotopic (exact) mass is 242 g/mol. The minimum absolute atomic E-state index is 0.588. The normalized spacial score (nSPS) is 10.0. The van der Waals surface area contributed by atoms with Gasteiger partial charge in [0.25, 0.3) is 0 Å². The number of hydrogen-bond acceptors (Lipinski definition) is 5. The molecule has 92 valence electrons. The van der Waals surface area contributed by atoms with Crippen LogP contribution >= 0.6 is 0 Å². The van der Waals surface area contributed by atoms with Crippen molar-refractivity contribution in [3.63, 3.8) is 0 Å². The highest BCUT2D eigenvalue weighted by atomic mass is 15.2. The van der Waals surface area contributed by atoms with Gasteiger partial charge in [-0.15, -0.1) is 10.2 Å². The third kappa shape index (κ3) is 2.58. The zero-order valence-electron chi connectivity index (χ0n) is 10.1. The molecule has 18 heavy (non-hydrogen) atoms. The number of benzene rings is 1. The zero-order chi connectivity index (χ0) is 13.0. The summed E-state index contributed by atoms with van der Waals surface area (Å²) in [7, 11) is 1.90. The average Bonchev–Trinajstić information content (AvgIpc) is 2.77. The number of nitrogens with two attached hydrogens (primary N) is 1. The van der Waals surface area contributed by atoms with E-state index in [9.17, 15) is 0 Å². The molecule has 3 N–H and O–H groups in total. The molecule has 0 aliphatic heterocycles. The van der Waals surface area contributed by atoms with E-state index in [-0.39, 0.29) is 0 Å². The highest BCUT2D eigenvalue weighted by Crippen LogP contribution is 2.19. The molecule has 0 aliphatic rings. The molecule has 0 saturated heterocycles. The molecule has 2 rings (SSSR count). The van der Waals surface area contributed by atoms with Crippen LogP contribution in [-0.2, 0) is 13.5 Å². The predicted octanol–water partition coefficient (Wildman–Crippen LogP) is 0.924. The van der Waals surface area contributed by atoms with E-state index in [0.29, 0.717) is 17.8 Å². The molecule has 1 heterocycles. The minimum atomic E-state index is 0.588. The van der Waals surface area contributed by atoms with E-state index in [2.05, 4.69) is 21.6 Å². The summed E-state index contributed by atoms with van der Waals surface area (Å²) in [5.74, 6) is 0.900. The maximum absolute atomic E-state index is 8.82. The van der Waals surface area contributed by atoms with Crippen molar-refractivity contribution in [2.75, 3.05) is 17.6 Å². The van der Waals surface area contributed by atoms with E-state index in [0.717, 1.165) is 17.9 Å². The van der Waals surface area contributed by atoms with Gasteiger partial charge in [0.1, 0.15) is 12.2 Å². The fraction of sp³-hybridized carbons (Fsp3) is 0.250. The second-order valence-corrected chi connectivity index (χ2v) is 3.95. The highest BCUT2D eigenvalue weighted by molar-refractivity contribution is 5.68. The van der Waals surface area contributed by atoms with Gasteiger partial charge in [-0.2, -0.15) is 5.26 Å². The number of aromatic nitrogens is 3. The van der Waals surface area contributed by atoms with Gasteiger partial charge in [0.2, 0.25) is 0 Å². The Morgan fingerprint density at radius 1 is 1.50 bits per heavy atom. The van der Waals surface area contributed by atoms with E-state index < -0.39 is 0 Å².